The number of hydrogen-bond donors (Lipinski definition) is 3. The van der Waals surface area contributed by atoms with Crippen LogP contribution < -0.4 is 20.9 Å². The highest BCUT2D eigenvalue weighted by Crippen LogP contribution is 2.12. The van der Waals surface area contributed by atoms with Crippen molar-refractivity contribution in [3.63, 3.8) is 0 Å². The van der Waals surface area contributed by atoms with Gasteiger partial charge in [0.25, 0.3) is 5.91 Å². The van der Waals surface area contributed by atoms with Crippen molar-refractivity contribution < 1.29 is 23.9 Å². The second kappa shape index (κ2) is 11.6. The van der Waals surface area contributed by atoms with Crippen LogP contribution in [0.2, 0.25) is 0 Å². The molecular weight excluding hydrogens is 358 g/mol. The molecule has 0 aliphatic heterocycles. The van der Waals surface area contributed by atoms with Crippen molar-refractivity contribution in [1.82, 2.24) is 16.2 Å². The molecule has 0 aromatic heterocycles. The maximum atomic E-state index is 11.7. The molecule has 140 valence electrons. The minimum atomic E-state index is -0.642. The fourth-order valence-electron chi connectivity index (χ4n) is 1.65. The largest absolute Gasteiger partial charge is 0.484 e. The summed E-state index contributed by atoms with van der Waals surface area (Å²) in [6, 6.07) is 7.39. The average molecular weight is 379 g/mol. The molecule has 0 unspecified atom stereocenters. The third-order valence-electron chi connectivity index (χ3n) is 2.91. The van der Waals surface area contributed by atoms with Crippen LogP contribution >= 0.6 is 12.2 Å². The summed E-state index contributed by atoms with van der Waals surface area (Å²) in [4.78, 5) is 34.2. The Balaban J connectivity index is 2.27. The number of thiocarbonyl (C=S) groups is 1. The summed E-state index contributed by atoms with van der Waals surface area (Å²) in [6.07, 6.45) is 2.86. The molecule has 0 aliphatic carbocycles. The van der Waals surface area contributed by atoms with E-state index in [4.69, 9.17) is 17.0 Å². The predicted octanol–water partition coefficient (Wildman–Crippen LogP) is 0.769. The van der Waals surface area contributed by atoms with E-state index in [2.05, 4.69) is 20.9 Å². The summed E-state index contributed by atoms with van der Waals surface area (Å²) < 4.78 is 9.95. The fourth-order valence-corrected chi connectivity index (χ4v) is 1.80. The molecule has 1 aromatic rings. The van der Waals surface area contributed by atoms with Gasteiger partial charge in [-0.05, 0) is 43.3 Å². The maximum Gasteiger partial charge on any atom is 0.330 e. The number of carbonyl (C=O) groups excluding carboxylic acids is 3. The number of rotatable bonds is 7. The first-order valence-electron chi connectivity index (χ1n) is 7.91. The van der Waals surface area contributed by atoms with Crippen LogP contribution in [0.4, 0.5) is 0 Å². The third-order valence-corrected chi connectivity index (χ3v) is 3.12. The zero-order valence-electron chi connectivity index (χ0n) is 14.5. The maximum absolute atomic E-state index is 11.7. The zero-order chi connectivity index (χ0) is 19.4. The first-order valence-corrected chi connectivity index (χ1v) is 8.31. The minimum Gasteiger partial charge on any atom is -0.484 e. The molecule has 0 fully saturated rings. The lowest BCUT2D eigenvalue weighted by Crippen LogP contribution is -2.49. The Labute approximate surface area is 156 Å². The van der Waals surface area contributed by atoms with E-state index in [0.717, 1.165) is 18.6 Å². The number of amides is 2. The van der Waals surface area contributed by atoms with Gasteiger partial charge in [-0.25, -0.2) is 4.79 Å². The predicted molar refractivity (Wildman–Crippen MR) is 99.1 cm³/mol. The van der Waals surface area contributed by atoms with Crippen molar-refractivity contribution in [3.05, 3.63) is 42.0 Å². The van der Waals surface area contributed by atoms with E-state index in [1.165, 1.54) is 5.56 Å². The Morgan fingerprint density at radius 1 is 1.08 bits per heavy atom. The molecule has 26 heavy (non-hydrogen) atoms. The molecular formula is C17H21N3O5S. The van der Waals surface area contributed by atoms with Gasteiger partial charge in [0.1, 0.15) is 5.75 Å². The summed E-state index contributed by atoms with van der Waals surface area (Å²) in [6.45, 7) is 3.68. The molecule has 0 bridgehead atoms. The van der Waals surface area contributed by atoms with Crippen LogP contribution in [0.5, 0.6) is 5.75 Å². The molecule has 0 heterocycles. The molecule has 0 saturated carbocycles. The van der Waals surface area contributed by atoms with Crippen molar-refractivity contribution in [3.8, 4) is 5.75 Å². The van der Waals surface area contributed by atoms with Crippen molar-refractivity contribution in [2.45, 2.75) is 20.3 Å². The van der Waals surface area contributed by atoms with Crippen LogP contribution in [0.15, 0.2) is 36.4 Å². The van der Waals surface area contributed by atoms with Crippen LogP contribution in [-0.2, 0) is 25.5 Å². The number of benzene rings is 1. The summed E-state index contributed by atoms with van der Waals surface area (Å²) >= 11 is 4.84. The molecule has 9 heteroatoms. The smallest absolute Gasteiger partial charge is 0.330 e. The van der Waals surface area contributed by atoms with Gasteiger partial charge in [0.05, 0.1) is 6.61 Å². The molecule has 1 rings (SSSR count). The minimum absolute atomic E-state index is 0.135. The van der Waals surface area contributed by atoms with Crippen LogP contribution in [0, 0.1) is 0 Å². The number of aryl methyl sites for hydroxylation is 1. The first kappa shape index (κ1) is 21.1. The van der Waals surface area contributed by atoms with Gasteiger partial charge in [0.2, 0.25) is 5.91 Å². The molecule has 0 saturated heterocycles. The molecule has 3 N–H and O–H groups in total. The van der Waals surface area contributed by atoms with E-state index in [1.54, 1.807) is 19.1 Å². The van der Waals surface area contributed by atoms with E-state index in [-0.39, 0.29) is 18.3 Å². The Morgan fingerprint density at radius 2 is 1.77 bits per heavy atom. The first-order chi connectivity index (χ1) is 12.4. The van der Waals surface area contributed by atoms with Gasteiger partial charge in [-0.1, -0.05) is 19.1 Å². The molecule has 0 radical (unpaired) electrons. The lowest BCUT2D eigenvalue weighted by molar-refractivity contribution is -0.137. The normalized spacial score (nSPS) is 10.1. The molecule has 2 amide bonds. The summed E-state index contributed by atoms with van der Waals surface area (Å²) in [5.74, 6) is -1.20. The SMILES string of the molecule is CCOC(=O)/C=C/C(=O)NC(=S)NNC(=O)COc1ccc(CC)cc1. The summed E-state index contributed by atoms with van der Waals surface area (Å²) in [7, 11) is 0. The molecule has 0 atom stereocenters. The molecule has 1 aromatic carbocycles. The quantitative estimate of drug-likeness (QED) is 0.278. The standard InChI is InChI=1S/C17H21N3O5S/c1-3-12-5-7-13(8-6-12)25-11-15(22)19-20-17(26)18-14(21)9-10-16(23)24-4-2/h5-10H,3-4,11H2,1-2H3,(H,19,22)(H2,18,20,21,26)/b10-9+. The van der Waals surface area contributed by atoms with Crippen molar-refractivity contribution in [2.75, 3.05) is 13.2 Å². The Bertz CT molecular complexity index is 673. The zero-order valence-corrected chi connectivity index (χ0v) is 15.4. The number of esters is 1. The average Bonchev–Trinajstić information content (AvgIpc) is 2.63. The highest BCUT2D eigenvalue weighted by Gasteiger charge is 2.06. The number of carbonyl (C=O) groups is 3. The Hall–Kier alpha value is -2.94. The molecule has 0 spiro atoms. The van der Waals surface area contributed by atoms with Gasteiger partial charge in [-0.15, -0.1) is 0 Å². The van der Waals surface area contributed by atoms with E-state index in [0.29, 0.717) is 5.75 Å². The Morgan fingerprint density at radius 3 is 2.38 bits per heavy atom. The highest BCUT2D eigenvalue weighted by molar-refractivity contribution is 7.80. The summed E-state index contributed by atoms with van der Waals surface area (Å²) in [5, 5.41) is 2.12. The number of nitrogens with one attached hydrogen (secondary N) is 3. The number of ether oxygens (including phenoxy) is 2. The second-order valence-electron chi connectivity index (χ2n) is 4.86. The van der Waals surface area contributed by atoms with Crippen LogP contribution in [0.25, 0.3) is 0 Å². The molecule has 8 nitrogen and oxygen atoms in total. The van der Waals surface area contributed by atoms with Crippen LogP contribution in [0.1, 0.15) is 19.4 Å². The topological polar surface area (TPSA) is 106 Å². The molecule has 0 aliphatic rings. The van der Waals surface area contributed by atoms with Crippen LogP contribution in [-0.4, -0.2) is 36.1 Å². The van der Waals surface area contributed by atoms with Crippen LogP contribution in [0.3, 0.4) is 0 Å². The number of hydrazine groups is 1. The fraction of sp³-hybridized carbons (Fsp3) is 0.294. The van der Waals surface area contributed by atoms with Crippen molar-refractivity contribution in [1.29, 1.82) is 0 Å². The third kappa shape index (κ3) is 8.78. The number of hydrogen-bond acceptors (Lipinski definition) is 6. The van der Waals surface area contributed by atoms with Gasteiger partial charge in [0.15, 0.2) is 11.7 Å². The van der Waals surface area contributed by atoms with E-state index < -0.39 is 17.8 Å². The van der Waals surface area contributed by atoms with Gasteiger partial charge in [-0.3, -0.25) is 25.8 Å². The van der Waals surface area contributed by atoms with Gasteiger partial charge in [-0.2, -0.15) is 0 Å². The van der Waals surface area contributed by atoms with Gasteiger partial charge < -0.3 is 9.47 Å². The van der Waals surface area contributed by atoms with E-state index in [9.17, 15) is 14.4 Å². The van der Waals surface area contributed by atoms with Gasteiger partial charge >= 0.3 is 5.97 Å². The second-order valence-corrected chi connectivity index (χ2v) is 5.27. The highest BCUT2D eigenvalue weighted by atomic mass is 32.1. The lowest BCUT2D eigenvalue weighted by Gasteiger charge is -2.10. The van der Waals surface area contributed by atoms with E-state index >= 15 is 0 Å². The summed E-state index contributed by atoms with van der Waals surface area (Å²) in [5.41, 5.74) is 5.80. The monoisotopic (exact) mass is 379 g/mol. The lowest BCUT2D eigenvalue weighted by atomic mass is 10.2. The Kier molecular flexibility index (Phi) is 9.40. The van der Waals surface area contributed by atoms with E-state index in [1.807, 2.05) is 19.1 Å². The van der Waals surface area contributed by atoms with Crippen molar-refractivity contribution in [2.24, 2.45) is 0 Å². The van der Waals surface area contributed by atoms with Crippen molar-refractivity contribution >= 4 is 35.1 Å². The van der Waals surface area contributed by atoms with Gasteiger partial charge in [0, 0.05) is 12.2 Å².